The highest BCUT2D eigenvalue weighted by Crippen LogP contribution is 2.15. The van der Waals surface area contributed by atoms with E-state index in [-0.39, 0.29) is 0 Å². The first-order chi connectivity index (χ1) is 8.79. The van der Waals surface area contributed by atoms with Crippen molar-refractivity contribution >= 4 is 23.5 Å². The van der Waals surface area contributed by atoms with E-state index in [2.05, 4.69) is 32.0 Å². The molecule has 0 spiro atoms. The summed E-state index contributed by atoms with van der Waals surface area (Å²) in [6, 6.07) is 0. The van der Waals surface area contributed by atoms with Crippen molar-refractivity contribution in [3.63, 3.8) is 0 Å². The molecule has 0 aliphatic rings. The summed E-state index contributed by atoms with van der Waals surface area (Å²) in [5.41, 5.74) is 2.74. The van der Waals surface area contributed by atoms with E-state index in [0.717, 1.165) is 10.6 Å². The van der Waals surface area contributed by atoms with Gasteiger partial charge in [0.2, 0.25) is 0 Å². The predicted molar refractivity (Wildman–Crippen MR) is 90.1 cm³/mol. The van der Waals surface area contributed by atoms with E-state index in [0.29, 0.717) is 0 Å². The second kappa shape index (κ2) is 21.2. The number of rotatable bonds is 3. The van der Waals surface area contributed by atoms with Crippen molar-refractivity contribution in [3.05, 3.63) is 41.4 Å². The average molecular weight is 267 g/mol. The molecular formula is C16H29NS. The first kappa shape index (κ1) is 22.1. The van der Waals surface area contributed by atoms with Gasteiger partial charge in [-0.05, 0) is 12.2 Å². The molecule has 0 aliphatic carbocycles. The lowest BCUT2D eigenvalue weighted by atomic mass is 10.3. The van der Waals surface area contributed by atoms with Crippen LogP contribution in [0.4, 0.5) is 0 Å². The van der Waals surface area contributed by atoms with E-state index in [9.17, 15) is 0 Å². The van der Waals surface area contributed by atoms with Gasteiger partial charge in [0, 0.05) is 0 Å². The molecule has 1 nitrogen and oxygen atoms in total. The lowest BCUT2D eigenvalue weighted by molar-refractivity contribution is 1.09. The predicted octanol–water partition coefficient (Wildman–Crippen LogP) is 6.45. The topological polar surface area (TPSA) is 12.9 Å². The van der Waals surface area contributed by atoms with E-state index in [1.165, 1.54) is 6.42 Å². The minimum Gasteiger partial charge on any atom is -0.245 e. The Morgan fingerprint density at radius 3 is 2.06 bits per heavy atom. The van der Waals surface area contributed by atoms with Crippen LogP contribution in [0.2, 0.25) is 0 Å². The van der Waals surface area contributed by atoms with Crippen molar-refractivity contribution < 1.29 is 0 Å². The number of aromatic nitrogens is 1. The van der Waals surface area contributed by atoms with E-state index in [1.54, 1.807) is 29.0 Å². The zero-order chi connectivity index (χ0) is 14.8. The van der Waals surface area contributed by atoms with Crippen molar-refractivity contribution in [2.75, 3.05) is 0 Å². The molecule has 1 aromatic heterocycles. The standard InChI is InChI=1S/C9H9NS.C3H8.2C2H6/c1-3-5-6-9-8(4-2)10-7-11-9;1-3-2;2*1-2/h3-7H,1-2H2;3H2,1-2H3;2*1-2H3/b6-5-;;;. The second-order valence-electron chi connectivity index (χ2n) is 2.61. The second-order valence-corrected chi connectivity index (χ2v) is 3.49. The Balaban J connectivity index is -0.000000274. The van der Waals surface area contributed by atoms with Crippen molar-refractivity contribution in [1.82, 2.24) is 4.98 Å². The van der Waals surface area contributed by atoms with Gasteiger partial charge in [-0.2, -0.15) is 0 Å². The molecule has 0 fully saturated rings. The molecule has 1 heterocycles. The molecule has 0 aromatic carbocycles. The summed E-state index contributed by atoms with van der Waals surface area (Å²) in [4.78, 5) is 5.23. The molecule has 18 heavy (non-hydrogen) atoms. The SMILES string of the molecule is C=C/C=C\c1scnc1C=C.CC.CC.CCC. The molecule has 0 saturated carbocycles. The Labute approximate surface area is 118 Å². The minimum absolute atomic E-state index is 0.938. The third-order valence-electron chi connectivity index (χ3n) is 1.20. The highest BCUT2D eigenvalue weighted by atomic mass is 32.1. The van der Waals surface area contributed by atoms with Crippen LogP contribution < -0.4 is 0 Å². The third kappa shape index (κ3) is 12.9. The summed E-state index contributed by atoms with van der Waals surface area (Å²) in [7, 11) is 0. The van der Waals surface area contributed by atoms with Gasteiger partial charge in [-0.25, -0.2) is 4.98 Å². The quantitative estimate of drug-likeness (QED) is 0.573. The Morgan fingerprint density at radius 1 is 1.17 bits per heavy atom. The molecule has 0 amide bonds. The van der Waals surface area contributed by atoms with E-state index in [1.807, 2.05) is 39.8 Å². The minimum atomic E-state index is 0.938. The maximum Gasteiger partial charge on any atom is 0.0806 e. The van der Waals surface area contributed by atoms with Crippen LogP contribution in [0.5, 0.6) is 0 Å². The molecule has 0 N–H and O–H groups in total. The average Bonchev–Trinajstić information content (AvgIpc) is 2.89. The summed E-state index contributed by atoms with van der Waals surface area (Å²) < 4.78 is 0. The first-order valence-electron chi connectivity index (χ1n) is 6.65. The molecule has 0 bridgehead atoms. The van der Waals surface area contributed by atoms with Crippen LogP contribution in [0.3, 0.4) is 0 Å². The van der Waals surface area contributed by atoms with Crippen LogP contribution in [0.15, 0.2) is 30.8 Å². The van der Waals surface area contributed by atoms with E-state index in [4.69, 9.17) is 0 Å². The van der Waals surface area contributed by atoms with Gasteiger partial charge in [-0.15, -0.1) is 11.3 Å². The van der Waals surface area contributed by atoms with Gasteiger partial charge in [0.15, 0.2) is 0 Å². The van der Waals surface area contributed by atoms with Crippen LogP contribution in [-0.2, 0) is 0 Å². The van der Waals surface area contributed by atoms with Gasteiger partial charge >= 0.3 is 0 Å². The molecule has 0 radical (unpaired) electrons. The zero-order valence-electron chi connectivity index (χ0n) is 12.9. The summed E-state index contributed by atoms with van der Waals surface area (Å²) in [5, 5.41) is 0. The Morgan fingerprint density at radius 2 is 1.67 bits per heavy atom. The monoisotopic (exact) mass is 267 g/mol. The van der Waals surface area contributed by atoms with Crippen molar-refractivity contribution in [2.45, 2.75) is 48.0 Å². The Bertz CT molecular complexity index is 298. The molecule has 0 aliphatic heterocycles. The molecule has 0 atom stereocenters. The van der Waals surface area contributed by atoms with E-state index < -0.39 is 0 Å². The normalized spacial score (nSPS) is 7.89. The smallest absolute Gasteiger partial charge is 0.0806 e. The molecule has 1 rings (SSSR count). The summed E-state index contributed by atoms with van der Waals surface area (Å²) in [6.45, 7) is 19.5. The largest absolute Gasteiger partial charge is 0.245 e. The fourth-order valence-corrected chi connectivity index (χ4v) is 1.39. The lowest BCUT2D eigenvalue weighted by Gasteiger charge is -1.85. The van der Waals surface area contributed by atoms with Crippen molar-refractivity contribution in [3.8, 4) is 0 Å². The maximum atomic E-state index is 4.10. The van der Waals surface area contributed by atoms with Gasteiger partial charge in [0.1, 0.15) is 0 Å². The van der Waals surface area contributed by atoms with Gasteiger partial charge in [-0.3, -0.25) is 0 Å². The summed E-state index contributed by atoms with van der Waals surface area (Å²) >= 11 is 1.60. The molecule has 1 aromatic rings. The van der Waals surface area contributed by atoms with Crippen LogP contribution in [0, 0.1) is 0 Å². The molecule has 0 unspecified atom stereocenters. The van der Waals surface area contributed by atoms with Gasteiger partial charge in [0.25, 0.3) is 0 Å². The molecule has 104 valence electrons. The number of thiazole rings is 1. The zero-order valence-corrected chi connectivity index (χ0v) is 13.7. The third-order valence-corrected chi connectivity index (χ3v) is 2.01. The highest BCUT2D eigenvalue weighted by molar-refractivity contribution is 7.10. The lowest BCUT2D eigenvalue weighted by Crippen LogP contribution is -1.71. The van der Waals surface area contributed by atoms with Crippen LogP contribution >= 0.6 is 11.3 Å². The fourth-order valence-electron chi connectivity index (χ4n) is 0.697. The van der Waals surface area contributed by atoms with Gasteiger partial charge < -0.3 is 0 Å². The van der Waals surface area contributed by atoms with Gasteiger partial charge in [0.05, 0.1) is 16.1 Å². The number of hydrogen-bond acceptors (Lipinski definition) is 2. The van der Waals surface area contributed by atoms with Crippen LogP contribution in [0.25, 0.3) is 12.2 Å². The number of nitrogens with zero attached hydrogens (tertiary/aromatic N) is 1. The van der Waals surface area contributed by atoms with Crippen molar-refractivity contribution in [1.29, 1.82) is 0 Å². The van der Waals surface area contributed by atoms with Crippen molar-refractivity contribution in [2.24, 2.45) is 0 Å². The fraction of sp³-hybridized carbons (Fsp3) is 0.438. The van der Waals surface area contributed by atoms with Crippen LogP contribution in [0.1, 0.15) is 58.5 Å². The maximum absolute atomic E-state index is 4.10. The molecule has 2 heteroatoms. The number of hydrogen-bond donors (Lipinski definition) is 0. The summed E-state index contributed by atoms with van der Waals surface area (Å²) in [6.07, 6.45) is 8.61. The van der Waals surface area contributed by atoms with Crippen LogP contribution in [-0.4, -0.2) is 4.98 Å². The van der Waals surface area contributed by atoms with E-state index >= 15 is 0 Å². The first-order valence-corrected chi connectivity index (χ1v) is 7.53. The summed E-state index contributed by atoms with van der Waals surface area (Å²) in [5.74, 6) is 0. The highest BCUT2D eigenvalue weighted by Gasteiger charge is 1.95. The number of allylic oxidation sites excluding steroid dienone is 2. The Hall–Kier alpha value is -1.15. The molecular weight excluding hydrogens is 238 g/mol. The van der Waals surface area contributed by atoms with Gasteiger partial charge in [-0.1, -0.05) is 73.3 Å². The Kier molecular flexibility index (Phi) is 26.0. The molecule has 0 saturated heterocycles.